The predicted molar refractivity (Wildman–Crippen MR) is 102 cm³/mol. The van der Waals surface area contributed by atoms with E-state index >= 15 is 0 Å². The van der Waals surface area contributed by atoms with Crippen LogP contribution in [0.25, 0.3) is 6.08 Å². The molecule has 2 aromatic carbocycles. The number of piperazine rings is 1. The molecule has 0 aromatic heterocycles. The van der Waals surface area contributed by atoms with Crippen LogP contribution in [-0.2, 0) is 4.79 Å². The Morgan fingerprint density at radius 1 is 1.12 bits per heavy atom. The number of rotatable bonds is 4. The summed E-state index contributed by atoms with van der Waals surface area (Å²) >= 11 is 0. The van der Waals surface area contributed by atoms with Gasteiger partial charge >= 0.3 is 0 Å². The van der Waals surface area contributed by atoms with E-state index in [1.165, 1.54) is 6.07 Å². The van der Waals surface area contributed by atoms with Crippen molar-refractivity contribution >= 4 is 17.7 Å². The molecule has 0 N–H and O–H groups in total. The van der Waals surface area contributed by atoms with E-state index < -0.39 is 0 Å². The molecule has 0 bridgehead atoms. The average molecular weight is 354 g/mol. The number of nitrogens with zero attached hydrogens (tertiary/aromatic N) is 2. The van der Waals surface area contributed by atoms with Crippen LogP contribution in [0.5, 0.6) is 5.75 Å². The first-order chi connectivity index (χ1) is 12.6. The van der Waals surface area contributed by atoms with Crippen molar-refractivity contribution in [3.05, 3.63) is 65.5 Å². The zero-order valence-electron chi connectivity index (χ0n) is 15.1. The van der Waals surface area contributed by atoms with Gasteiger partial charge in [-0.25, -0.2) is 4.39 Å². The van der Waals surface area contributed by atoms with Gasteiger partial charge < -0.3 is 14.5 Å². The molecule has 2 aromatic rings. The van der Waals surface area contributed by atoms with E-state index in [1.807, 2.05) is 36.1 Å². The largest absolute Gasteiger partial charge is 0.496 e. The summed E-state index contributed by atoms with van der Waals surface area (Å²) < 4.78 is 19.2. The van der Waals surface area contributed by atoms with Crippen molar-refractivity contribution in [2.24, 2.45) is 0 Å². The van der Waals surface area contributed by atoms with Crippen LogP contribution in [0.3, 0.4) is 0 Å². The van der Waals surface area contributed by atoms with Gasteiger partial charge in [0, 0.05) is 37.8 Å². The van der Waals surface area contributed by atoms with Gasteiger partial charge in [-0.2, -0.15) is 0 Å². The molecule has 0 aliphatic carbocycles. The fourth-order valence-corrected chi connectivity index (χ4v) is 3.13. The Morgan fingerprint density at radius 3 is 2.54 bits per heavy atom. The Balaban J connectivity index is 1.62. The third-order valence-corrected chi connectivity index (χ3v) is 4.58. The molecule has 1 aliphatic rings. The monoisotopic (exact) mass is 354 g/mol. The number of carbonyl (C=O) groups is 1. The second-order valence-electron chi connectivity index (χ2n) is 6.34. The molecule has 0 spiro atoms. The van der Waals surface area contributed by atoms with Gasteiger partial charge in [-0.1, -0.05) is 23.8 Å². The van der Waals surface area contributed by atoms with Crippen LogP contribution < -0.4 is 9.64 Å². The quantitative estimate of drug-likeness (QED) is 0.788. The molecule has 1 heterocycles. The van der Waals surface area contributed by atoms with Crippen molar-refractivity contribution < 1.29 is 13.9 Å². The molecule has 5 heteroatoms. The fraction of sp³-hybridized carbons (Fsp3) is 0.286. The van der Waals surface area contributed by atoms with Crippen LogP contribution in [0.1, 0.15) is 11.1 Å². The van der Waals surface area contributed by atoms with Crippen LogP contribution >= 0.6 is 0 Å². The first-order valence-corrected chi connectivity index (χ1v) is 8.69. The molecule has 0 radical (unpaired) electrons. The smallest absolute Gasteiger partial charge is 0.246 e. The number of hydrogen-bond donors (Lipinski definition) is 0. The average Bonchev–Trinajstić information content (AvgIpc) is 2.67. The lowest BCUT2D eigenvalue weighted by molar-refractivity contribution is -0.126. The van der Waals surface area contributed by atoms with E-state index in [-0.39, 0.29) is 11.7 Å². The van der Waals surface area contributed by atoms with Gasteiger partial charge in [-0.3, -0.25) is 4.79 Å². The minimum atomic E-state index is -0.223. The molecule has 26 heavy (non-hydrogen) atoms. The number of carbonyl (C=O) groups excluding carboxylic acids is 1. The van der Waals surface area contributed by atoms with Crippen molar-refractivity contribution in [1.29, 1.82) is 0 Å². The van der Waals surface area contributed by atoms with Gasteiger partial charge in [0.25, 0.3) is 0 Å². The number of anilines is 1. The van der Waals surface area contributed by atoms with E-state index in [0.717, 1.165) is 16.9 Å². The standard InChI is InChI=1S/C21H23FN2O2/c1-16-7-9-20(26-2)17(15-16)8-10-21(25)24-13-11-23(12-14-24)19-6-4-3-5-18(19)22/h3-10,15H,11-14H2,1-2H3/b10-8+. The molecule has 1 aliphatic heterocycles. The normalized spacial score (nSPS) is 14.7. The number of para-hydroxylation sites is 1. The van der Waals surface area contributed by atoms with Crippen LogP contribution in [0.2, 0.25) is 0 Å². The molecule has 0 saturated carbocycles. The first kappa shape index (κ1) is 18.0. The Morgan fingerprint density at radius 2 is 1.85 bits per heavy atom. The Labute approximate surface area is 153 Å². The van der Waals surface area contributed by atoms with Gasteiger partial charge in [0.2, 0.25) is 5.91 Å². The summed E-state index contributed by atoms with van der Waals surface area (Å²) in [6, 6.07) is 12.6. The molecule has 3 rings (SSSR count). The van der Waals surface area contributed by atoms with Crippen LogP contribution in [-0.4, -0.2) is 44.1 Å². The number of aryl methyl sites for hydroxylation is 1. The van der Waals surface area contributed by atoms with Crippen molar-refractivity contribution in [1.82, 2.24) is 4.90 Å². The molecular weight excluding hydrogens is 331 g/mol. The van der Waals surface area contributed by atoms with E-state index in [0.29, 0.717) is 31.9 Å². The molecular formula is C21H23FN2O2. The van der Waals surface area contributed by atoms with Crippen molar-refractivity contribution in [2.45, 2.75) is 6.92 Å². The van der Waals surface area contributed by atoms with E-state index in [9.17, 15) is 9.18 Å². The van der Waals surface area contributed by atoms with Crippen molar-refractivity contribution in [3.63, 3.8) is 0 Å². The predicted octanol–water partition coefficient (Wildman–Crippen LogP) is 3.50. The molecule has 1 fully saturated rings. The van der Waals surface area contributed by atoms with E-state index in [1.54, 1.807) is 36.3 Å². The maximum absolute atomic E-state index is 13.9. The Kier molecular flexibility index (Phi) is 5.56. The number of amides is 1. The zero-order chi connectivity index (χ0) is 18.5. The summed E-state index contributed by atoms with van der Waals surface area (Å²) in [6.07, 6.45) is 3.37. The summed E-state index contributed by atoms with van der Waals surface area (Å²) in [7, 11) is 1.62. The summed E-state index contributed by atoms with van der Waals surface area (Å²) in [5, 5.41) is 0. The molecule has 4 nitrogen and oxygen atoms in total. The van der Waals surface area contributed by atoms with Crippen molar-refractivity contribution in [2.75, 3.05) is 38.2 Å². The maximum atomic E-state index is 13.9. The summed E-state index contributed by atoms with van der Waals surface area (Å²) in [4.78, 5) is 16.2. The highest BCUT2D eigenvalue weighted by atomic mass is 19.1. The molecule has 1 saturated heterocycles. The summed E-state index contributed by atoms with van der Waals surface area (Å²) in [5.74, 6) is 0.476. The number of ether oxygens (including phenoxy) is 1. The molecule has 1 amide bonds. The zero-order valence-corrected chi connectivity index (χ0v) is 15.1. The summed E-state index contributed by atoms with van der Waals surface area (Å²) in [5.41, 5.74) is 2.59. The van der Waals surface area contributed by atoms with E-state index in [4.69, 9.17) is 4.74 Å². The molecule has 0 unspecified atom stereocenters. The molecule has 136 valence electrons. The second kappa shape index (κ2) is 8.04. The Hall–Kier alpha value is -2.82. The third kappa shape index (κ3) is 4.04. The van der Waals surface area contributed by atoms with Gasteiger partial charge in [-0.05, 0) is 37.3 Å². The van der Waals surface area contributed by atoms with Crippen LogP contribution in [0.4, 0.5) is 10.1 Å². The van der Waals surface area contributed by atoms with Gasteiger partial charge in [0.05, 0.1) is 12.8 Å². The minimum Gasteiger partial charge on any atom is -0.496 e. The summed E-state index contributed by atoms with van der Waals surface area (Å²) in [6.45, 7) is 4.38. The number of hydrogen-bond acceptors (Lipinski definition) is 3. The highest BCUT2D eigenvalue weighted by Gasteiger charge is 2.21. The number of methoxy groups -OCH3 is 1. The number of benzene rings is 2. The highest BCUT2D eigenvalue weighted by molar-refractivity contribution is 5.92. The topological polar surface area (TPSA) is 32.8 Å². The minimum absolute atomic E-state index is 0.0401. The highest BCUT2D eigenvalue weighted by Crippen LogP contribution is 2.22. The van der Waals surface area contributed by atoms with Gasteiger partial charge in [0.1, 0.15) is 11.6 Å². The lowest BCUT2D eigenvalue weighted by Gasteiger charge is -2.35. The SMILES string of the molecule is COc1ccc(C)cc1/C=C/C(=O)N1CCN(c2ccccc2F)CC1. The van der Waals surface area contributed by atoms with Crippen LogP contribution in [0.15, 0.2) is 48.5 Å². The lowest BCUT2D eigenvalue weighted by atomic mass is 10.1. The van der Waals surface area contributed by atoms with Gasteiger partial charge in [0.15, 0.2) is 0 Å². The van der Waals surface area contributed by atoms with Crippen LogP contribution in [0, 0.1) is 12.7 Å². The van der Waals surface area contributed by atoms with E-state index in [2.05, 4.69) is 0 Å². The molecule has 0 atom stereocenters. The lowest BCUT2D eigenvalue weighted by Crippen LogP contribution is -2.48. The second-order valence-corrected chi connectivity index (χ2v) is 6.34. The fourth-order valence-electron chi connectivity index (χ4n) is 3.13. The van der Waals surface area contributed by atoms with Crippen molar-refractivity contribution in [3.8, 4) is 5.75 Å². The third-order valence-electron chi connectivity index (χ3n) is 4.58. The number of halogens is 1. The van der Waals surface area contributed by atoms with Gasteiger partial charge in [-0.15, -0.1) is 0 Å². The Bertz CT molecular complexity index is 811. The maximum Gasteiger partial charge on any atom is 0.246 e. The first-order valence-electron chi connectivity index (χ1n) is 8.69.